The van der Waals surface area contributed by atoms with E-state index in [1.807, 2.05) is 24.3 Å². The highest BCUT2D eigenvalue weighted by Gasteiger charge is 2.15. The number of nitrogens with one attached hydrogen (secondary N) is 1. The Bertz CT molecular complexity index is 1070. The summed E-state index contributed by atoms with van der Waals surface area (Å²) in [6, 6.07) is 9.28. The largest absolute Gasteiger partial charge is 0.497 e. The van der Waals surface area contributed by atoms with Gasteiger partial charge in [0.15, 0.2) is 0 Å². The molecule has 0 atom stereocenters. The smallest absolute Gasteiger partial charge is 0.329 e. The first-order chi connectivity index (χ1) is 13.2. The van der Waals surface area contributed by atoms with Crippen molar-refractivity contribution in [1.82, 2.24) is 14.5 Å². The van der Waals surface area contributed by atoms with Crippen molar-refractivity contribution in [3.05, 3.63) is 62.9 Å². The van der Waals surface area contributed by atoms with Crippen LogP contribution in [-0.2, 0) is 11.3 Å². The van der Waals surface area contributed by atoms with Gasteiger partial charge >= 0.3 is 5.69 Å². The summed E-state index contributed by atoms with van der Waals surface area (Å²) < 4.78 is 12.1. The van der Waals surface area contributed by atoms with Gasteiger partial charge in [0.2, 0.25) is 0 Å². The molecule has 3 aromatic rings. The van der Waals surface area contributed by atoms with Crippen molar-refractivity contribution in [1.29, 1.82) is 0 Å². The summed E-state index contributed by atoms with van der Waals surface area (Å²) in [5.74, 6) is 1.48. The van der Waals surface area contributed by atoms with Gasteiger partial charge in [-0.3, -0.25) is 14.3 Å². The number of nitrogens with zero attached hydrogens (tertiary/aromatic N) is 3. The lowest BCUT2D eigenvalue weighted by molar-refractivity contribution is 0.122. The summed E-state index contributed by atoms with van der Waals surface area (Å²) in [5.41, 5.74) is 0.622. The van der Waals surface area contributed by atoms with Crippen LogP contribution in [0.25, 0.3) is 10.9 Å². The molecule has 0 spiro atoms. The molecule has 27 heavy (non-hydrogen) atoms. The molecule has 0 bridgehead atoms. The quantitative estimate of drug-likeness (QED) is 0.738. The fraction of sp³-hybridized carbons (Fsp3) is 0.316. The van der Waals surface area contributed by atoms with Crippen LogP contribution >= 0.6 is 0 Å². The molecule has 0 radical (unpaired) electrons. The minimum Gasteiger partial charge on any atom is -0.497 e. The predicted molar refractivity (Wildman–Crippen MR) is 102 cm³/mol. The number of H-pyrrole nitrogens is 1. The highest BCUT2D eigenvalue weighted by molar-refractivity contribution is 5.79. The van der Waals surface area contributed by atoms with Crippen LogP contribution in [0.4, 0.5) is 5.82 Å². The lowest BCUT2D eigenvalue weighted by atomic mass is 10.2. The molecule has 1 N–H and O–H groups in total. The van der Waals surface area contributed by atoms with E-state index in [0.29, 0.717) is 30.7 Å². The van der Waals surface area contributed by atoms with Gasteiger partial charge in [0.05, 0.1) is 37.8 Å². The van der Waals surface area contributed by atoms with E-state index in [9.17, 15) is 9.59 Å². The number of pyridine rings is 1. The van der Waals surface area contributed by atoms with Crippen LogP contribution in [0.5, 0.6) is 5.75 Å². The summed E-state index contributed by atoms with van der Waals surface area (Å²) in [6.07, 6.45) is 1.53. The summed E-state index contributed by atoms with van der Waals surface area (Å²) in [6.45, 7) is 3.05. The first-order valence-electron chi connectivity index (χ1n) is 8.74. The van der Waals surface area contributed by atoms with Gasteiger partial charge < -0.3 is 14.4 Å². The second kappa shape index (κ2) is 7.24. The molecule has 3 heterocycles. The van der Waals surface area contributed by atoms with Crippen LogP contribution in [-0.4, -0.2) is 47.9 Å². The molecule has 1 aliphatic rings. The Hall–Kier alpha value is -3.13. The monoisotopic (exact) mass is 368 g/mol. The molecule has 1 fully saturated rings. The summed E-state index contributed by atoms with van der Waals surface area (Å²) in [4.78, 5) is 33.6. The van der Waals surface area contributed by atoms with Crippen molar-refractivity contribution in [3.63, 3.8) is 0 Å². The number of methoxy groups -OCH3 is 1. The van der Waals surface area contributed by atoms with Crippen molar-refractivity contribution in [2.75, 3.05) is 38.3 Å². The van der Waals surface area contributed by atoms with Crippen molar-refractivity contribution in [2.45, 2.75) is 6.54 Å². The van der Waals surface area contributed by atoms with Gasteiger partial charge in [-0.25, -0.2) is 9.78 Å². The van der Waals surface area contributed by atoms with E-state index in [4.69, 9.17) is 9.47 Å². The van der Waals surface area contributed by atoms with Gasteiger partial charge in [0.25, 0.3) is 5.56 Å². The van der Waals surface area contributed by atoms with E-state index in [1.165, 1.54) is 6.20 Å². The highest BCUT2D eigenvalue weighted by atomic mass is 16.5. The lowest BCUT2D eigenvalue weighted by Gasteiger charge is -2.28. The maximum absolute atomic E-state index is 12.5. The minimum absolute atomic E-state index is 0.336. The fourth-order valence-corrected chi connectivity index (χ4v) is 3.21. The Morgan fingerprint density at radius 2 is 1.93 bits per heavy atom. The normalized spacial score (nSPS) is 14.5. The van der Waals surface area contributed by atoms with Gasteiger partial charge in [-0.1, -0.05) is 12.1 Å². The number of aromatic amines is 1. The Labute approximate surface area is 155 Å². The maximum atomic E-state index is 12.5. The first kappa shape index (κ1) is 17.3. The number of hydrogen-bond acceptors (Lipinski definition) is 6. The van der Waals surface area contributed by atoms with Crippen LogP contribution < -0.4 is 20.9 Å². The number of rotatable bonds is 4. The van der Waals surface area contributed by atoms with Gasteiger partial charge in [-0.05, 0) is 17.7 Å². The number of morpholine rings is 1. The van der Waals surface area contributed by atoms with Gasteiger partial charge in [-0.2, -0.15) is 0 Å². The highest BCUT2D eigenvalue weighted by Crippen LogP contribution is 2.19. The summed E-state index contributed by atoms with van der Waals surface area (Å²) in [7, 11) is 1.61. The zero-order valence-corrected chi connectivity index (χ0v) is 15.0. The molecule has 8 heteroatoms. The standard InChI is InChI=1S/C19H20N4O4/c1-26-14-4-2-13(3-5-14)12-23-16-10-17(22-6-8-27-9-7-22)20-11-15(16)18(24)21-19(23)25/h2-5,10-11H,6-9,12H2,1H3,(H,21,24,25). The van der Waals surface area contributed by atoms with E-state index < -0.39 is 11.2 Å². The molecule has 0 saturated carbocycles. The Balaban J connectivity index is 1.79. The molecule has 1 saturated heterocycles. The topological polar surface area (TPSA) is 89.5 Å². The number of anilines is 1. The predicted octanol–water partition coefficient (Wildman–Crippen LogP) is 0.978. The molecular weight excluding hydrogens is 348 g/mol. The molecule has 0 aliphatic carbocycles. The molecule has 140 valence electrons. The van der Waals surface area contributed by atoms with E-state index in [-0.39, 0.29) is 0 Å². The van der Waals surface area contributed by atoms with Gasteiger partial charge in [0, 0.05) is 25.4 Å². The van der Waals surface area contributed by atoms with Gasteiger partial charge in [-0.15, -0.1) is 0 Å². The molecule has 0 unspecified atom stereocenters. The van der Waals surface area contributed by atoms with Crippen LogP contribution in [0.1, 0.15) is 5.56 Å². The average Bonchev–Trinajstić information content (AvgIpc) is 2.72. The Kier molecular flexibility index (Phi) is 4.64. The molecular formula is C19H20N4O4. The molecule has 1 aromatic carbocycles. The number of hydrogen-bond donors (Lipinski definition) is 1. The fourth-order valence-electron chi connectivity index (χ4n) is 3.21. The second-order valence-electron chi connectivity index (χ2n) is 6.35. The average molecular weight is 368 g/mol. The zero-order chi connectivity index (χ0) is 18.8. The molecule has 2 aromatic heterocycles. The SMILES string of the molecule is COc1ccc(Cn2c(=O)[nH]c(=O)c3cnc(N4CCOCC4)cc32)cc1. The van der Waals surface area contributed by atoms with Crippen molar-refractivity contribution in [2.24, 2.45) is 0 Å². The summed E-state index contributed by atoms with van der Waals surface area (Å²) >= 11 is 0. The molecule has 1 aliphatic heterocycles. The number of fused-ring (bicyclic) bond motifs is 1. The van der Waals surface area contributed by atoms with E-state index in [2.05, 4.69) is 14.9 Å². The number of aromatic nitrogens is 3. The molecule has 0 amide bonds. The third kappa shape index (κ3) is 3.43. The van der Waals surface area contributed by atoms with Crippen LogP contribution in [0.3, 0.4) is 0 Å². The summed E-state index contributed by atoms with van der Waals surface area (Å²) in [5, 5.41) is 0.389. The minimum atomic E-state index is -0.442. The third-order valence-electron chi connectivity index (χ3n) is 4.70. The van der Waals surface area contributed by atoms with Crippen LogP contribution in [0.2, 0.25) is 0 Å². The Morgan fingerprint density at radius 1 is 1.19 bits per heavy atom. The van der Waals surface area contributed by atoms with Crippen LogP contribution in [0.15, 0.2) is 46.1 Å². The van der Waals surface area contributed by atoms with Crippen molar-refractivity contribution >= 4 is 16.7 Å². The first-order valence-corrected chi connectivity index (χ1v) is 8.74. The van der Waals surface area contributed by atoms with Crippen molar-refractivity contribution < 1.29 is 9.47 Å². The zero-order valence-electron chi connectivity index (χ0n) is 15.0. The molecule has 8 nitrogen and oxygen atoms in total. The number of benzene rings is 1. The molecule has 4 rings (SSSR count). The third-order valence-corrected chi connectivity index (χ3v) is 4.70. The number of ether oxygens (including phenoxy) is 2. The van der Waals surface area contributed by atoms with E-state index in [1.54, 1.807) is 17.7 Å². The van der Waals surface area contributed by atoms with E-state index >= 15 is 0 Å². The van der Waals surface area contributed by atoms with Gasteiger partial charge in [0.1, 0.15) is 11.6 Å². The lowest BCUT2D eigenvalue weighted by Crippen LogP contribution is -2.37. The van der Waals surface area contributed by atoms with E-state index in [0.717, 1.165) is 30.2 Å². The van der Waals surface area contributed by atoms with Crippen molar-refractivity contribution in [3.8, 4) is 5.75 Å². The second-order valence-corrected chi connectivity index (χ2v) is 6.35. The Morgan fingerprint density at radius 3 is 2.63 bits per heavy atom. The maximum Gasteiger partial charge on any atom is 0.329 e. The van der Waals surface area contributed by atoms with Crippen LogP contribution in [0, 0.1) is 0 Å².